The monoisotopic (exact) mass is 398 g/mol. The van der Waals surface area contributed by atoms with Gasteiger partial charge in [-0.05, 0) is 51.0 Å². The molecule has 1 unspecified atom stereocenters. The molecule has 5 nitrogen and oxygen atoms in total. The number of amides is 1. The highest BCUT2D eigenvalue weighted by Gasteiger charge is 2.22. The summed E-state index contributed by atoms with van der Waals surface area (Å²) in [5, 5.41) is 7.43. The van der Waals surface area contributed by atoms with Crippen molar-refractivity contribution in [3.05, 3.63) is 81.2 Å². The smallest absolute Gasteiger partial charge is 0.274 e. The minimum absolute atomic E-state index is 0.139. The van der Waals surface area contributed by atoms with Crippen LogP contribution in [0, 0.1) is 20.8 Å². The third-order valence-electron chi connectivity index (χ3n) is 4.65. The Morgan fingerprint density at radius 2 is 1.96 bits per heavy atom. The molecule has 0 saturated carbocycles. The third-order valence-corrected chi connectivity index (χ3v) is 4.96. The van der Waals surface area contributed by atoms with E-state index < -0.39 is 0 Å². The van der Waals surface area contributed by atoms with E-state index in [2.05, 4.69) is 16.5 Å². The number of hydrogen-bond acceptors (Lipinski definition) is 4. The van der Waals surface area contributed by atoms with Crippen LogP contribution >= 0.6 is 11.6 Å². The molecule has 0 aliphatic carbocycles. The molecular formula is C22H23ClN2O3. The second-order valence-electron chi connectivity index (χ2n) is 6.84. The first-order chi connectivity index (χ1) is 13.4. The molecule has 1 aromatic heterocycles. The largest absolute Gasteiger partial charge is 0.487 e. The first-order valence-electron chi connectivity index (χ1n) is 9.07. The average molecular weight is 399 g/mol. The number of aromatic nitrogens is 1. The number of rotatable bonds is 6. The maximum absolute atomic E-state index is 12.8. The predicted octanol–water partition coefficient (Wildman–Crippen LogP) is 5.32. The first kappa shape index (κ1) is 20.0. The molecule has 2 aromatic carbocycles. The van der Waals surface area contributed by atoms with Crippen LogP contribution in [0.1, 0.15) is 51.5 Å². The van der Waals surface area contributed by atoms with Crippen molar-refractivity contribution in [1.82, 2.24) is 10.5 Å². The van der Waals surface area contributed by atoms with Gasteiger partial charge in [0.05, 0.1) is 16.6 Å². The van der Waals surface area contributed by atoms with Crippen LogP contribution in [0.25, 0.3) is 0 Å². The topological polar surface area (TPSA) is 64.4 Å². The van der Waals surface area contributed by atoms with Crippen molar-refractivity contribution in [2.24, 2.45) is 0 Å². The molecule has 3 aromatic rings. The van der Waals surface area contributed by atoms with Crippen molar-refractivity contribution in [1.29, 1.82) is 0 Å². The third kappa shape index (κ3) is 4.37. The molecule has 0 aliphatic heterocycles. The number of carbonyl (C=O) groups excluding carboxylic acids is 1. The molecule has 3 rings (SSSR count). The van der Waals surface area contributed by atoms with Gasteiger partial charge in [-0.3, -0.25) is 4.79 Å². The SMILES string of the molecule is Cc1ccc(C(C)NC(=O)c2noc(C)c2COc2ccccc2Cl)c(C)c1. The van der Waals surface area contributed by atoms with Crippen molar-refractivity contribution >= 4 is 17.5 Å². The van der Waals surface area contributed by atoms with Crippen molar-refractivity contribution in [3.8, 4) is 5.75 Å². The Bertz CT molecular complexity index is 997. The van der Waals surface area contributed by atoms with Crippen LogP contribution in [-0.4, -0.2) is 11.1 Å². The molecule has 0 saturated heterocycles. The Hall–Kier alpha value is -2.79. The lowest BCUT2D eigenvalue weighted by atomic mass is 10.00. The summed E-state index contributed by atoms with van der Waals surface area (Å²) >= 11 is 6.13. The summed E-state index contributed by atoms with van der Waals surface area (Å²) in [7, 11) is 0. The zero-order valence-corrected chi connectivity index (χ0v) is 17.1. The number of hydrogen-bond donors (Lipinski definition) is 1. The van der Waals surface area contributed by atoms with Crippen LogP contribution in [0.3, 0.4) is 0 Å². The highest BCUT2D eigenvalue weighted by Crippen LogP contribution is 2.26. The van der Waals surface area contributed by atoms with E-state index in [1.165, 1.54) is 5.56 Å². The van der Waals surface area contributed by atoms with Gasteiger partial charge >= 0.3 is 0 Å². The van der Waals surface area contributed by atoms with Gasteiger partial charge in [-0.25, -0.2) is 0 Å². The minimum Gasteiger partial charge on any atom is -0.487 e. The Morgan fingerprint density at radius 3 is 2.68 bits per heavy atom. The Balaban J connectivity index is 1.74. The quantitative estimate of drug-likeness (QED) is 0.610. The average Bonchev–Trinajstić information content (AvgIpc) is 3.01. The van der Waals surface area contributed by atoms with Crippen LogP contribution in [0.15, 0.2) is 47.0 Å². The van der Waals surface area contributed by atoms with Crippen molar-refractivity contribution in [3.63, 3.8) is 0 Å². The molecular weight excluding hydrogens is 376 g/mol. The number of para-hydroxylation sites is 1. The van der Waals surface area contributed by atoms with E-state index >= 15 is 0 Å². The molecule has 6 heteroatoms. The van der Waals surface area contributed by atoms with Crippen molar-refractivity contribution in [2.75, 3.05) is 0 Å². The first-order valence-corrected chi connectivity index (χ1v) is 9.45. The fourth-order valence-corrected chi connectivity index (χ4v) is 3.30. The number of nitrogens with zero attached hydrogens (tertiary/aromatic N) is 1. The van der Waals surface area contributed by atoms with E-state index in [9.17, 15) is 4.79 Å². The lowest BCUT2D eigenvalue weighted by Crippen LogP contribution is -2.28. The second-order valence-corrected chi connectivity index (χ2v) is 7.25. The fourth-order valence-electron chi connectivity index (χ4n) is 3.11. The van der Waals surface area contributed by atoms with Gasteiger partial charge in [-0.15, -0.1) is 0 Å². The molecule has 0 spiro atoms. The second kappa shape index (κ2) is 8.48. The Morgan fingerprint density at radius 1 is 1.21 bits per heavy atom. The van der Waals surface area contributed by atoms with E-state index in [-0.39, 0.29) is 24.2 Å². The van der Waals surface area contributed by atoms with E-state index in [1.807, 2.05) is 45.0 Å². The summed E-state index contributed by atoms with van der Waals surface area (Å²) < 4.78 is 11.0. The Labute approximate surface area is 169 Å². The fraction of sp³-hybridized carbons (Fsp3) is 0.273. The molecule has 1 N–H and O–H groups in total. The molecule has 1 heterocycles. The van der Waals surface area contributed by atoms with Crippen molar-refractivity contribution < 1.29 is 14.1 Å². The van der Waals surface area contributed by atoms with Crippen LogP contribution in [-0.2, 0) is 6.61 Å². The maximum atomic E-state index is 12.8. The summed E-state index contributed by atoms with van der Waals surface area (Å²) in [5.41, 5.74) is 4.21. The molecule has 28 heavy (non-hydrogen) atoms. The van der Waals surface area contributed by atoms with Crippen molar-refractivity contribution in [2.45, 2.75) is 40.3 Å². The predicted molar refractivity (Wildman–Crippen MR) is 109 cm³/mol. The van der Waals surface area contributed by atoms with Gasteiger partial charge in [0.1, 0.15) is 18.1 Å². The van der Waals surface area contributed by atoms with Crippen LogP contribution in [0.5, 0.6) is 5.75 Å². The molecule has 0 fully saturated rings. The highest BCUT2D eigenvalue weighted by molar-refractivity contribution is 6.32. The number of carbonyl (C=O) groups is 1. The van der Waals surface area contributed by atoms with Gasteiger partial charge in [-0.2, -0.15) is 0 Å². The molecule has 0 aliphatic rings. The molecule has 0 bridgehead atoms. The molecule has 1 amide bonds. The molecule has 0 radical (unpaired) electrons. The van der Waals surface area contributed by atoms with Gasteiger partial charge in [0, 0.05) is 0 Å². The normalized spacial score (nSPS) is 11.9. The van der Waals surface area contributed by atoms with E-state index in [1.54, 1.807) is 19.1 Å². The van der Waals surface area contributed by atoms with E-state index in [0.717, 1.165) is 11.1 Å². The van der Waals surface area contributed by atoms with Gasteiger partial charge in [0.2, 0.25) is 0 Å². The number of aryl methyl sites for hydroxylation is 3. The zero-order chi connectivity index (χ0) is 20.3. The van der Waals surface area contributed by atoms with Gasteiger partial charge in [0.15, 0.2) is 5.69 Å². The zero-order valence-electron chi connectivity index (χ0n) is 16.4. The lowest BCUT2D eigenvalue weighted by Gasteiger charge is -2.17. The summed E-state index contributed by atoms with van der Waals surface area (Å²) in [4.78, 5) is 12.8. The van der Waals surface area contributed by atoms with Crippen LogP contribution < -0.4 is 10.1 Å². The van der Waals surface area contributed by atoms with Crippen LogP contribution in [0.2, 0.25) is 5.02 Å². The number of ether oxygens (including phenoxy) is 1. The number of benzene rings is 2. The standard InChI is InChI=1S/C22H23ClN2O3/c1-13-9-10-17(14(2)11-13)15(3)24-22(26)21-18(16(4)28-25-21)12-27-20-8-6-5-7-19(20)23/h5-11,15H,12H2,1-4H3,(H,24,26). The Kier molecular flexibility index (Phi) is 6.05. The van der Waals surface area contributed by atoms with Gasteiger partial charge in [0.25, 0.3) is 5.91 Å². The lowest BCUT2D eigenvalue weighted by molar-refractivity contribution is 0.0928. The summed E-state index contributed by atoms with van der Waals surface area (Å²) in [5.74, 6) is 0.776. The van der Waals surface area contributed by atoms with E-state index in [0.29, 0.717) is 22.1 Å². The summed E-state index contributed by atoms with van der Waals surface area (Å²) in [6.45, 7) is 7.92. The minimum atomic E-state index is -0.304. The number of halogens is 1. The van der Waals surface area contributed by atoms with Gasteiger partial charge in [-0.1, -0.05) is 52.7 Å². The van der Waals surface area contributed by atoms with E-state index in [4.69, 9.17) is 20.9 Å². The van der Waals surface area contributed by atoms with Crippen LogP contribution in [0.4, 0.5) is 0 Å². The molecule has 1 atom stereocenters. The molecule has 146 valence electrons. The summed E-state index contributed by atoms with van der Waals surface area (Å²) in [6, 6.07) is 13.2. The summed E-state index contributed by atoms with van der Waals surface area (Å²) in [6.07, 6.45) is 0. The highest BCUT2D eigenvalue weighted by atomic mass is 35.5. The number of nitrogens with one attached hydrogen (secondary N) is 1. The maximum Gasteiger partial charge on any atom is 0.274 e. The van der Waals surface area contributed by atoms with Gasteiger partial charge < -0.3 is 14.6 Å².